The van der Waals surface area contributed by atoms with Gasteiger partial charge in [0.1, 0.15) is 5.75 Å². The molecule has 0 radical (unpaired) electrons. The molecule has 4 heteroatoms. The van der Waals surface area contributed by atoms with E-state index >= 15 is 0 Å². The van der Waals surface area contributed by atoms with Gasteiger partial charge in [-0.25, -0.2) is 0 Å². The largest absolute Gasteiger partial charge is 0.496 e. The molecule has 0 aliphatic heterocycles. The molecule has 17 heavy (non-hydrogen) atoms. The lowest BCUT2D eigenvalue weighted by Gasteiger charge is -2.20. The Morgan fingerprint density at radius 1 is 1.24 bits per heavy atom. The Kier molecular flexibility index (Phi) is 5.97. The van der Waals surface area contributed by atoms with Gasteiger partial charge in [-0.3, -0.25) is 0 Å². The average molecular weight is 239 g/mol. The van der Waals surface area contributed by atoms with Crippen LogP contribution >= 0.6 is 0 Å². The first-order chi connectivity index (χ1) is 8.21. The Balaban J connectivity index is 2.58. The van der Waals surface area contributed by atoms with E-state index in [-0.39, 0.29) is 25.3 Å². The molecular formula is C13H21NO3. The summed E-state index contributed by atoms with van der Waals surface area (Å²) in [6, 6.07) is 7.75. The molecule has 1 unspecified atom stereocenters. The molecule has 0 aromatic heterocycles. The van der Waals surface area contributed by atoms with Crippen LogP contribution in [0.15, 0.2) is 24.3 Å². The molecule has 0 spiro atoms. The molecule has 0 aliphatic carbocycles. The van der Waals surface area contributed by atoms with Crippen molar-refractivity contribution in [3.8, 4) is 5.75 Å². The van der Waals surface area contributed by atoms with Crippen LogP contribution in [0.3, 0.4) is 0 Å². The van der Waals surface area contributed by atoms with Crippen molar-refractivity contribution in [1.82, 2.24) is 5.32 Å². The van der Waals surface area contributed by atoms with E-state index in [1.807, 2.05) is 31.2 Å². The Morgan fingerprint density at radius 3 is 2.47 bits per heavy atom. The van der Waals surface area contributed by atoms with Crippen molar-refractivity contribution in [1.29, 1.82) is 0 Å². The summed E-state index contributed by atoms with van der Waals surface area (Å²) in [6.07, 6.45) is 0.792. The number of ether oxygens (including phenoxy) is 1. The quantitative estimate of drug-likeness (QED) is 0.651. The van der Waals surface area contributed by atoms with Crippen LogP contribution in [0, 0.1) is 0 Å². The van der Waals surface area contributed by atoms with E-state index in [1.54, 1.807) is 7.11 Å². The zero-order chi connectivity index (χ0) is 12.7. The van der Waals surface area contributed by atoms with Crippen LogP contribution in [0.2, 0.25) is 0 Å². The third-order valence-electron chi connectivity index (χ3n) is 2.68. The van der Waals surface area contributed by atoms with E-state index in [0.29, 0.717) is 0 Å². The van der Waals surface area contributed by atoms with Gasteiger partial charge in [-0.1, -0.05) is 18.2 Å². The zero-order valence-electron chi connectivity index (χ0n) is 10.4. The average Bonchev–Trinajstić information content (AvgIpc) is 2.36. The summed E-state index contributed by atoms with van der Waals surface area (Å²) < 4.78 is 5.28. The standard InChI is InChI=1S/C13H21NO3/c1-10(14-12(8-15)9-16)7-11-5-3-4-6-13(11)17-2/h3-6,10,12,14-16H,7-9H2,1-2H3. The first kappa shape index (κ1) is 14.0. The molecule has 0 saturated heterocycles. The molecule has 0 bridgehead atoms. The van der Waals surface area contributed by atoms with Gasteiger partial charge in [0.15, 0.2) is 0 Å². The summed E-state index contributed by atoms with van der Waals surface area (Å²) in [4.78, 5) is 0. The second-order valence-corrected chi connectivity index (χ2v) is 4.15. The van der Waals surface area contributed by atoms with Crippen LogP contribution in [0.25, 0.3) is 0 Å². The van der Waals surface area contributed by atoms with Crippen molar-refractivity contribution in [3.05, 3.63) is 29.8 Å². The summed E-state index contributed by atoms with van der Waals surface area (Å²) in [5.74, 6) is 0.866. The molecule has 0 heterocycles. The summed E-state index contributed by atoms with van der Waals surface area (Å²) in [5, 5.41) is 21.1. The molecule has 0 fully saturated rings. The van der Waals surface area contributed by atoms with Gasteiger partial charge in [-0.2, -0.15) is 0 Å². The Bertz CT molecular complexity index is 326. The number of rotatable bonds is 7. The number of hydrogen-bond acceptors (Lipinski definition) is 4. The van der Waals surface area contributed by atoms with Gasteiger partial charge in [0.05, 0.1) is 26.4 Å². The highest BCUT2D eigenvalue weighted by Gasteiger charge is 2.12. The molecular weight excluding hydrogens is 218 g/mol. The summed E-state index contributed by atoms with van der Waals surface area (Å²) in [5.41, 5.74) is 1.12. The first-order valence-electron chi connectivity index (χ1n) is 5.81. The van der Waals surface area contributed by atoms with E-state index < -0.39 is 0 Å². The highest BCUT2D eigenvalue weighted by Crippen LogP contribution is 2.18. The topological polar surface area (TPSA) is 61.7 Å². The lowest BCUT2D eigenvalue weighted by Crippen LogP contribution is -2.42. The molecule has 4 nitrogen and oxygen atoms in total. The van der Waals surface area contributed by atoms with Crippen molar-refractivity contribution < 1.29 is 14.9 Å². The first-order valence-corrected chi connectivity index (χ1v) is 5.81. The van der Waals surface area contributed by atoms with Gasteiger partial charge in [-0.15, -0.1) is 0 Å². The van der Waals surface area contributed by atoms with E-state index in [9.17, 15) is 0 Å². The van der Waals surface area contributed by atoms with E-state index in [1.165, 1.54) is 0 Å². The molecule has 0 saturated carbocycles. The molecule has 1 aromatic carbocycles. The number of aliphatic hydroxyl groups excluding tert-OH is 2. The number of aliphatic hydroxyl groups is 2. The number of methoxy groups -OCH3 is 1. The molecule has 3 N–H and O–H groups in total. The smallest absolute Gasteiger partial charge is 0.122 e. The maximum atomic E-state index is 8.99. The Morgan fingerprint density at radius 2 is 1.88 bits per heavy atom. The van der Waals surface area contributed by atoms with Gasteiger partial charge in [-0.05, 0) is 25.0 Å². The molecule has 1 rings (SSSR count). The lowest BCUT2D eigenvalue weighted by molar-refractivity contribution is 0.163. The zero-order valence-corrected chi connectivity index (χ0v) is 10.4. The van der Waals surface area contributed by atoms with Crippen LogP contribution in [-0.2, 0) is 6.42 Å². The van der Waals surface area contributed by atoms with E-state index in [4.69, 9.17) is 14.9 Å². The van der Waals surface area contributed by atoms with Crippen molar-refractivity contribution in [2.24, 2.45) is 0 Å². The summed E-state index contributed by atoms with van der Waals surface area (Å²) in [6.45, 7) is 1.89. The van der Waals surface area contributed by atoms with E-state index in [2.05, 4.69) is 5.32 Å². The van der Waals surface area contributed by atoms with Crippen molar-refractivity contribution in [2.75, 3.05) is 20.3 Å². The van der Waals surface area contributed by atoms with Crippen molar-refractivity contribution in [2.45, 2.75) is 25.4 Å². The molecule has 1 atom stereocenters. The monoisotopic (exact) mass is 239 g/mol. The van der Waals surface area contributed by atoms with Gasteiger partial charge in [0.25, 0.3) is 0 Å². The molecule has 0 amide bonds. The summed E-state index contributed by atoms with van der Waals surface area (Å²) in [7, 11) is 1.65. The van der Waals surface area contributed by atoms with Gasteiger partial charge in [0.2, 0.25) is 0 Å². The lowest BCUT2D eigenvalue weighted by atomic mass is 10.1. The number of para-hydroxylation sites is 1. The Labute approximate surface area is 102 Å². The number of nitrogens with one attached hydrogen (secondary N) is 1. The van der Waals surface area contributed by atoms with Crippen LogP contribution in [0.4, 0.5) is 0 Å². The van der Waals surface area contributed by atoms with Crippen LogP contribution in [0.5, 0.6) is 5.75 Å². The second-order valence-electron chi connectivity index (χ2n) is 4.15. The van der Waals surface area contributed by atoms with Crippen LogP contribution < -0.4 is 10.1 Å². The Hall–Kier alpha value is -1.10. The minimum absolute atomic E-state index is 0.0627. The maximum Gasteiger partial charge on any atom is 0.122 e. The number of hydrogen-bond donors (Lipinski definition) is 3. The van der Waals surface area contributed by atoms with Gasteiger partial charge >= 0.3 is 0 Å². The molecule has 0 aliphatic rings. The minimum atomic E-state index is -0.264. The number of benzene rings is 1. The third kappa shape index (κ3) is 4.34. The third-order valence-corrected chi connectivity index (χ3v) is 2.68. The highest BCUT2D eigenvalue weighted by atomic mass is 16.5. The molecule has 96 valence electrons. The highest BCUT2D eigenvalue weighted by molar-refractivity contribution is 5.33. The maximum absolute atomic E-state index is 8.99. The minimum Gasteiger partial charge on any atom is -0.496 e. The predicted octanol–water partition coefficient (Wildman–Crippen LogP) is 0.569. The van der Waals surface area contributed by atoms with Gasteiger partial charge in [0, 0.05) is 6.04 Å². The fourth-order valence-electron chi connectivity index (χ4n) is 1.83. The van der Waals surface area contributed by atoms with Crippen LogP contribution in [-0.4, -0.2) is 42.6 Å². The van der Waals surface area contributed by atoms with Gasteiger partial charge < -0.3 is 20.3 Å². The fourth-order valence-corrected chi connectivity index (χ4v) is 1.83. The van der Waals surface area contributed by atoms with E-state index in [0.717, 1.165) is 17.7 Å². The van der Waals surface area contributed by atoms with Crippen molar-refractivity contribution >= 4 is 0 Å². The predicted molar refractivity (Wildman–Crippen MR) is 67.3 cm³/mol. The summed E-state index contributed by atoms with van der Waals surface area (Å²) >= 11 is 0. The SMILES string of the molecule is COc1ccccc1CC(C)NC(CO)CO. The molecule has 1 aromatic rings. The second kappa shape index (κ2) is 7.27. The van der Waals surface area contributed by atoms with Crippen molar-refractivity contribution in [3.63, 3.8) is 0 Å². The normalized spacial score (nSPS) is 12.8. The van der Waals surface area contributed by atoms with Crippen LogP contribution in [0.1, 0.15) is 12.5 Å². The fraction of sp³-hybridized carbons (Fsp3) is 0.538.